The molecule has 0 saturated heterocycles. The molecule has 0 fully saturated rings. The number of benzene rings is 1. The smallest absolute Gasteiger partial charge is 0.0406 e. The summed E-state index contributed by atoms with van der Waals surface area (Å²) in [5.74, 6) is 0. The molecule has 1 aromatic rings. The summed E-state index contributed by atoms with van der Waals surface area (Å²) in [5, 5.41) is 3.82. The number of hydrogen-bond donors (Lipinski definition) is 1. The summed E-state index contributed by atoms with van der Waals surface area (Å²) in [5.41, 5.74) is 2.74. The van der Waals surface area contributed by atoms with Crippen LogP contribution in [-0.2, 0) is 0 Å². The first kappa shape index (κ1) is 14.1. The highest BCUT2D eigenvalue weighted by Crippen LogP contribution is 2.11. The Morgan fingerprint density at radius 1 is 1.17 bits per heavy atom. The second kappa shape index (κ2) is 7.36. The number of allylic oxidation sites excluding steroid dienone is 3. The van der Waals surface area contributed by atoms with E-state index in [1.165, 1.54) is 0 Å². The highest BCUT2D eigenvalue weighted by Gasteiger charge is 1.94. The topological polar surface area (TPSA) is 12.0 Å². The fraction of sp³-hybridized carbons (Fsp3) is 0. The lowest BCUT2D eigenvalue weighted by Gasteiger charge is -2.05. The van der Waals surface area contributed by atoms with Gasteiger partial charge in [0.1, 0.15) is 0 Å². The number of hydrogen-bond acceptors (Lipinski definition) is 1. The Balaban J connectivity index is 2.62. The fourth-order valence-electron chi connectivity index (χ4n) is 1.31. The van der Waals surface area contributed by atoms with E-state index >= 15 is 0 Å². The van der Waals surface area contributed by atoms with Gasteiger partial charge in [-0.1, -0.05) is 61.7 Å². The zero-order valence-electron chi connectivity index (χ0n) is 10.2. The van der Waals surface area contributed by atoms with Crippen molar-refractivity contribution in [3.05, 3.63) is 90.3 Å². The fourth-order valence-corrected chi connectivity index (χ4v) is 1.44. The van der Waals surface area contributed by atoms with Gasteiger partial charge in [0.15, 0.2) is 0 Å². The molecule has 0 unspecified atom stereocenters. The Hall–Kier alpha value is -1.99. The third kappa shape index (κ3) is 4.48. The maximum atomic E-state index is 5.81. The summed E-state index contributed by atoms with van der Waals surface area (Å²) in [6.07, 6.45) is 9.04. The monoisotopic (exact) mass is 257 g/mol. The second-order valence-electron chi connectivity index (χ2n) is 3.57. The molecule has 0 atom stereocenters. The first-order valence-corrected chi connectivity index (χ1v) is 5.88. The molecule has 0 heterocycles. The van der Waals surface area contributed by atoms with E-state index in [1.54, 1.807) is 12.2 Å². The second-order valence-corrected chi connectivity index (χ2v) is 4.01. The van der Waals surface area contributed by atoms with E-state index < -0.39 is 0 Å². The molecular formula is C16H16ClN. The van der Waals surface area contributed by atoms with Gasteiger partial charge >= 0.3 is 0 Å². The van der Waals surface area contributed by atoms with Crippen LogP contribution in [0, 0.1) is 0 Å². The zero-order valence-corrected chi connectivity index (χ0v) is 11.0. The minimum absolute atomic E-state index is 0.729. The van der Waals surface area contributed by atoms with Crippen molar-refractivity contribution in [1.82, 2.24) is 5.32 Å². The van der Waals surface area contributed by atoms with E-state index in [0.717, 1.165) is 21.9 Å². The lowest BCUT2D eigenvalue weighted by Crippen LogP contribution is -2.04. The largest absolute Gasteiger partial charge is 0.362 e. The van der Waals surface area contributed by atoms with Crippen LogP contribution in [0.3, 0.4) is 0 Å². The summed E-state index contributed by atoms with van der Waals surface area (Å²) in [7, 11) is 0. The van der Waals surface area contributed by atoms with Gasteiger partial charge in [0, 0.05) is 16.9 Å². The van der Waals surface area contributed by atoms with E-state index in [9.17, 15) is 0 Å². The van der Waals surface area contributed by atoms with E-state index in [2.05, 4.69) is 25.1 Å². The van der Waals surface area contributed by atoms with Gasteiger partial charge in [-0.2, -0.15) is 0 Å². The standard InChI is InChI=1S/C16H16ClN/c1-4-6-15(5-2)13(3)18-12-11-14-7-9-16(17)10-8-14/h4-12,18H,1-3H2/b12-11-,15-6+. The molecular weight excluding hydrogens is 242 g/mol. The van der Waals surface area contributed by atoms with Crippen LogP contribution in [0.2, 0.25) is 5.02 Å². The van der Waals surface area contributed by atoms with Crippen LogP contribution in [0.1, 0.15) is 5.56 Å². The number of rotatable bonds is 6. The molecule has 0 saturated carbocycles. The summed E-state index contributed by atoms with van der Waals surface area (Å²) < 4.78 is 0. The lowest BCUT2D eigenvalue weighted by molar-refractivity contribution is 1.10. The highest BCUT2D eigenvalue weighted by atomic mass is 35.5. The van der Waals surface area contributed by atoms with Crippen LogP contribution in [-0.4, -0.2) is 0 Å². The van der Waals surface area contributed by atoms with Crippen LogP contribution < -0.4 is 5.32 Å². The maximum absolute atomic E-state index is 5.81. The summed E-state index contributed by atoms with van der Waals surface area (Å²) in [6.45, 7) is 11.3. The molecule has 0 radical (unpaired) electrons. The molecule has 0 spiro atoms. The summed E-state index contributed by atoms with van der Waals surface area (Å²) in [6, 6.07) is 7.58. The first-order chi connectivity index (χ1) is 8.67. The summed E-state index contributed by atoms with van der Waals surface area (Å²) in [4.78, 5) is 0. The van der Waals surface area contributed by atoms with Crippen molar-refractivity contribution >= 4 is 17.7 Å². The van der Waals surface area contributed by atoms with Gasteiger partial charge in [0.25, 0.3) is 0 Å². The van der Waals surface area contributed by atoms with E-state index in [1.807, 2.05) is 42.6 Å². The van der Waals surface area contributed by atoms with Gasteiger partial charge in [-0.15, -0.1) is 0 Å². The molecule has 0 aromatic heterocycles. The average molecular weight is 258 g/mol. The van der Waals surface area contributed by atoms with Gasteiger partial charge in [-0.25, -0.2) is 0 Å². The molecule has 0 amide bonds. The molecule has 0 bridgehead atoms. The van der Waals surface area contributed by atoms with Gasteiger partial charge < -0.3 is 5.32 Å². The van der Waals surface area contributed by atoms with Gasteiger partial charge in [0.05, 0.1) is 0 Å². The van der Waals surface area contributed by atoms with E-state index in [4.69, 9.17) is 11.6 Å². The zero-order chi connectivity index (χ0) is 13.4. The third-order valence-corrected chi connectivity index (χ3v) is 2.52. The van der Waals surface area contributed by atoms with Crippen molar-refractivity contribution in [3.8, 4) is 0 Å². The molecule has 2 heteroatoms. The molecule has 0 aliphatic carbocycles. The van der Waals surface area contributed by atoms with Crippen molar-refractivity contribution in [2.45, 2.75) is 0 Å². The van der Waals surface area contributed by atoms with Crippen LogP contribution >= 0.6 is 11.6 Å². The lowest BCUT2D eigenvalue weighted by atomic mass is 10.2. The Labute approximate surface area is 113 Å². The quantitative estimate of drug-likeness (QED) is 0.728. The molecule has 1 rings (SSSR count). The van der Waals surface area contributed by atoms with Gasteiger partial charge in [-0.3, -0.25) is 0 Å². The molecule has 18 heavy (non-hydrogen) atoms. The van der Waals surface area contributed by atoms with E-state index in [0.29, 0.717) is 0 Å². The Morgan fingerprint density at radius 3 is 2.39 bits per heavy atom. The highest BCUT2D eigenvalue weighted by molar-refractivity contribution is 6.30. The predicted molar refractivity (Wildman–Crippen MR) is 81.2 cm³/mol. The van der Waals surface area contributed by atoms with Gasteiger partial charge in [-0.05, 0) is 29.3 Å². The Bertz CT molecular complexity index is 492. The van der Waals surface area contributed by atoms with Crippen LogP contribution in [0.15, 0.2) is 79.7 Å². The number of halogens is 1. The van der Waals surface area contributed by atoms with Crippen LogP contribution in [0.4, 0.5) is 0 Å². The minimum Gasteiger partial charge on any atom is -0.362 e. The molecule has 1 nitrogen and oxygen atoms in total. The molecule has 0 aliphatic rings. The third-order valence-electron chi connectivity index (χ3n) is 2.27. The van der Waals surface area contributed by atoms with Crippen LogP contribution in [0.25, 0.3) is 6.08 Å². The van der Waals surface area contributed by atoms with Crippen molar-refractivity contribution < 1.29 is 0 Å². The summed E-state index contributed by atoms with van der Waals surface area (Å²) >= 11 is 5.81. The van der Waals surface area contributed by atoms with Crippen molar-refractivity contribution in [2.75, 3.05) is 0 Å². The normalized spacial score (nSPS) is 11.3. The molecule has 1 N–H and O–H groups in total. The van der Waals surface area contributed by atoms with Crippen LogP contribution in [0.5, 0.6) is 0 Å². The molecule has 92 valence electrons. The maximum Gasteiger partial charge on any atom is 0.0406 e. The van der Waals surface area contributed by atoms with E-state index in [-0.39, 0.29) is 0 Å². The molecule has 0 aliphatic heterocycles. The van der Waals surface area contributed by atoms with Crippen molar-refractivity contribution in [2.24, 2.45) is 0 Å². The molecule has 1 aromatic carbocycles. The minimum atomic E-state index is 0.729. The van der Waals surface area contributed by atoms with Crippen molar-refractivity contribution in [3.63, 3.8) is 0 Å². The first-order valence-electron chi connectivity index (χ1n) is 5.50. The Kier molecular flexibility index (Phi) is 5.75. The van der Waals surface area contributed by atoms with Crippen molar-refractivity contribution in [1.29, 1.82) is 0 Å². The van der Waals surface area contributed by atoms with Gasteiger partial charge in [0.2, 0.25) is 0 Å². The number of nitrogens with one attached hydrogen (secondary N) is 1. The SMILES string of the molecule is C=C/C=C(\C=C)C(=C)N/C=C\c1ccc(Cl)cc1. The average Bonchev–Trinajstić information content (AvgIpc) is 2.38. The predicted octanol–water partition coefficient (Wildman–Crippen LogP) is 4.71. The Morgan fingerprint density at radius 2 is 1.83 bits per heavy atom.